The first kappa shape index (κ1) is 22.7. The third-order valence-electron chi connectivity index (χ3n) is 3.63. The maximum absolute atomic E-state index is 13.4. The van der Waals surface area contributed by atoms with E-state index in [0.717, 1.165) is 16.7 Å². The largest absolute Gasteiger partial charge is 0.444 e. The lowest BCUT2D eigenvalue weighted by atomic mass is 10.1. The van der Waals surface area contributed by atoms with Crippen molar-refractivity contribution in [3.8, 4) is 0 Å². The molecule has 2 amide bonds. The van der Waals surface area contributed by atoms with E-state index in [0.29, 0.717) is 17.0 Å². The molecule has 1 aromatic carbocycles. The number of aromatic nitrogens is 1. The summed E-state index contributed by atoms with van der Waals surface area (Å²) in [4.78, 5) is 27.2. The molecule has 0 saturated heterocycles. The summed E-state index contributed by atoms with van der Waals surface area (Å²) in [5, 5.41) is 4.29. The summed E-state index contributed by atoms with van der Waals surface area (Å²) < 4.78 is 45.2. The number of anilines is 2. The number of aryl methyl sites for hydroxylation is 3. The van der Waals surface area contributed by atoms with E-state index in [1.165, 1.54) is 0 Å². The Balaban J connectivity index is 2.35. The minimum Gasteiger partial charge on any atom is -0.444 e. The Bertz CT molecular complexity index is 923. The van der Waals surface area contributed by atoms with Crippen molar-refractivity contribution in [2.24, 2.45) is 0 Å². The lowest BCUT2D eigenvalue weighted by Gasteiger charge is -2.18. The average molecular weight is 429 g/mol. The maximum atomic E-state index is 13.4. The van der Waals surface area contributed by atoms with Crippen LogP contribution in [0.15, 0.2) is 12.1 Å². The number of nitrogens with one attached hydrogen (secondary N) is 2. The van der Waals surface area contributed by atoms with E-state index in [-0.39, 0.29) is 5.13 Å². The van der Waals surface area contributed by atoms with E-state index in [1.807, 2.05) is 19.1 Å². The van der Waals surface area contributed by atoms with E-state index >= 15 is 0 Å². The second-order valence-electron chi connectivity index (χ2n) is 7.55. The second-order valence-corrected chi connectivity index (χ2v) is 8.55. The van der Waals surface area contributed by atoms with Crippen LogP contribution in [0.25, 0.3) is 0 Å². The highest BCUT2D eigenvalue weighted by molar-refractivity contribution is 7.17. The number of rotatable bonds is 3. The molecule has 0 aliphatic rings. The summed E-state index contributed by atoms with van der Waals surface area (Å²) in [5.41, 5.74) is 0.643. The van der Waals surface area contributed by atoms with Crippen LogP contribution < -0.4 is 10.6 Å². The van der Waals surface area contributed by atoms with Gasteiger partial charge in [0.25, 0.3) is 5.91 Å². The number of alkyl halides is 3. The van der Waals surface area contributed by atoms with Crippen molar-refractivity contribution in [2.75, 3.05) is 10.6 Å². The first-order valence-corrected chi connectivity index (χ1v) is 9.46. The summed E-state index contributed by atoms with van der Waals surface area (Å²) >= 11 is 0.428. The molecule has 0 bridgehead atoms. The molecule has 0 aliphatic carbocycles. The van der Waals surface area contributed by atoms with Gasteiger partial charge in [-0.3, -0.25) is 10.1 Å². The molecule has 10 heteroatoms. The lowest BCUT2D eigenvalue weighted by Crippen LogP contribution is -2.27. The predicted octanol–water partition coefficient (Wildman–Crippen LogP) is 5.69. The Morgan fingerprint density at radius 3 is 2.07 bits per heavy atom. The van der Waals surface area contributed by atoms with Crippen LogP contribution in [0.2, 0.25) is 0 Å². The number of hydrogen-bond acceptors (Lipinski definition) is 5. The zero-order valence-corrected chi connectivity index (χ0v) is 17.7. The maximum Gasteiger partial charge on any atom is 0.435 e. The second kappa shape index (κ2) is 8.02. The first-order chi connectivity index (χ1) is 13.2. The number of thiazole rings is 1. The normalized spacial score (nSPS) is 11.9. The topological polar surface area (TPSA) is 80.3 Å². The molecule has 0 spiro atoms. The third kappa shape index (κ3) is 5.93. The van der Waals surface area contributed by atoms with Crippen LogP contribution >= 0.6 is 11.3 Å². The van der Waals surface area contributed by atoms with Crippen molar-refractivity contribution in [1.82, 2.24) is 4.98 Å². The van der Waals surface area contributed by atoms with Crippen LogP contribution in [0.5, 0.6) is 0 Å². The van der Waals surface area contributed by atoms with Crippen LogP contribution in [0, 0.1) is 20.8 Å². The first-order valence-electron chi connectivity index (χ1n) is 8.64. The molecule has 2 N–H and O–H groups in total. The number of amides is 2. The molecule has 6 nitrogen and oxygen atoms in total. The van der Waals surface area contributed by atoms with E-state index in [9.17, 15) is 22.8 Å². The van der Waals surface area contributed by atoms with Gasteiger partial charge in [-0.1, -0.05) is 29.0 Å². The van der Waals surface area contributed by atoms with Crippen molar-refractivity contribution < 1.29 is 27.5 Å². The van der Waals surface area contributed by atoms with Gasteiger partial charge in [0.05, 0.1) is 0 Å². The summed E-state index contributed by atoms with van der Waals surface area (Å²) in [6, 6.07) is 3.63. The zero-order valence-electron chi connectivity index (χ0n) is 16.9. The summed E-state index contributed by atoms with van der Waals surface area (Å²) in [7, 11) is 0. The summed E-state index contributed by atoms with van der Waals surface area (Å²) in [6.07, 6.45) is -5.83. The minimum absolute atomic E-state index is 0.380. The molecular formula is C19H22F3N3O3S. The molecule has 0 atom stereocenters. The Labute approximate surface area is 170 Å². The molecule has 1 aromatic heterocycles. The van der Waals surface area contributed by atoms with Crippen LogP contribution in [-0.4, -0.2) is 22.6 Å². The van der Waals surface area contributed by atoms with E-state index in [4.69, 9.17) is 4.74 Å². The summed E-state index contributed by atoms with van der Waals surface area (Å²) in [5.74, 6) is -0.956. The SMILES string of the molecule is Cc1cc(C)c(NC(=O)c2sc(NC(=O)OC(C)(C)C)nc2C(F)(F)F)c(C)c1. The monoisotopic (exact) mass is 429 g/mol. The van der Waals surface area contributed by atoms with Crippen molar-refractivity contribution in [2.45, 2.75) is 53.3 Å². The van der Waals surface area contributed by atoms with Crippen LogP contribution in [-0.2, 0) is 10.9 Å². The molecule has 2 rings (SSSR count). The number of carbonyl (C=O) groups is 2. The Hall–Kier alpha value is -2.62. The van der Waals surface area contributed by atoms with Crippen molar-refractivity contribution in [3.63, 3.8) is 0 Å². The van der Waals surface area contributed by atoms with Gasteiger partial charge in [-0.25, -0.2) is 9.78 Å². The Morgan fingerprint density at radius 2 is 1.59 bits per heavy atom. The van der Waals surface area contributed by atoms with Crippen LogP contribution in [0.3, 0.4) is 0 Å². The van der Waals surface area contributed by atoms with E-state index < -0.39 is 34.3 Å². The predicted molar refractivity (Wildman–Crippen MR) is 106 cm³/mol. The molecule has 0 saturated carbocycles. The van der Waals surface area contributed by atoms with Gasteiger partial charge in [-0.05, 0) is 52.7 Å². The molecule has 158 valence electrons. The fraction of sp³-hybridized carbons (Fsp3) is 0.421. The molecular weight excluding hydrogens is 407 g/mol. The zero-order chi connectivity index (χ0) is 22.1. The third-order valence-corrected chi connectivity index (χ3v) is 4.59. The molecule has 0 aliphatic heterocycles. The Morgan fingerprint density at radius 1 is 1.03 bits per heavy atom. The van der Waals surface area contributed by atoms with Gasteiger partial charge in [0.1, 0.15) is 10.5 Å². The fourth-order valence-corrected chi connectivity index (χ4v) is 3.52. The smallest absolute Gasteiger partial charge is 0.435 e. The number of benzene rings is 1. The van der Waals surface area contributed by atoms with Crippen molar-refractivity contribution in [1.29, 1.82) is 0 Å². The lowest BCUT2D eigenvalue weighted by molar-refractivity contribution is -0.140. The van der Waals surface area contributed by atoms with Gasteiger partial charge in [-0.15, -0.1) is 0 Å². The average Bonchev–Trinajstić information content (AvgIpc) is 2.92. The van der Waals surface area contributed by atoms with Gasteiger partial charge in [0, 0.05) is 5.69 Å². The Kier molecular flexibility index (Phi) is 6.27. The highest BCUT2D eigenvalue weighted by atomic mass is 32.1. The van der Waals surface area contributed by atoms with Gasteiger partial charge < -0.3 is 10.1 Å². The standard InChI is InChI=1S/C19H22F3N3O3S/c1-9-7-10(2)12(11(3)8-9)23-15(26)13-14(19(20,21)22)24-16(29-13)25-17(27)28-18(4,5)6/h7-8H,1-6H3,(H,23,26)(H,24,25,27). The van der Waals surface area contributed by atoms with Gasteiger partial charge in [0.2, 0.25) is 0 Å². The van der Waals surface area contributed by atoms with E-state index in [1.54, 1.807) is 34.6 Å². The minimum atomic E-state index is -4.87. The fourth-order valence-electron chi connectivity index (χ4n) is 2.66. The molecule has 1 heterocycles. The van der Waals surface area contributed by atoms with Gasteiger partial charge in [-0.2, -0.15) is 13.2 Å². The van der Waals surface area contributed by atoms with Gasteiger partial charge in [0.15, 0.2) is 10.8 Å². The molecule has 0 radical (unpaired) electrons. The molecule has 29 heavy (non-hydrogen) atoms. The van der Waals surface area contributed by atoms with Crippen molar-refractivity contribution in [3.05, 3.63) is 39.4 Å². The van der Waals surface area contributed by atoms with Crippen LogP contribution in [0.1, 0.15) is 52.8 Å². The number of nitrogens with zero attached hydrogens (tertiary/aromatic N) is 1. The number of ether oxygens (including phenoxy) is 1. The number of hydrogen-bond donors (Lipinski definition) is 2. The quantitative estimate of drug-likeness (QED) is 0.657. The molecule has 2 aromatic rings. The number of carbonyl (C=O) groups excluding carboxylic acids is 2. The number of halogens is 3. The highest BCUT2D eigenvalue weighted by Gasteiger charge is 2.40. The van der Waals surface area contributed by atoms with Crippen molar-refractivity contribution >= 4 is 34.2 Å². The molecule has 0 unspecified atom stereocenters. The summed E-state index contributed by atoms with van der Waals surface area (Å²) in [6.45, 7) is 10.2. The highest BCUT2D eigenvalue weighted by Crippen LogP contribution is 2.37. The van der Waals surface area contributed by atoms with Crippen LogP contribution in [0.4, 0.5) is 28.8 Å². The van der Waals surface area contributed by atoms with Gasteiger partial charge >= 0.3 is 12.3 Å². The van der Waals surface area contributed by atoms with E-state index in [2.05, 4.69) is 15.6 Å². The molecule has 0 fully saturated rings.